The number of hydrogen-bond acceptors (Lipinski definition) is 4. The number of piperidine rings is 1. The Bertz CT molecular complexity index is 1650. The van der Waals surface area contributed by atoms with Crippen molar-refractivity contribution in [3.63, 3.8) is 0 Å². The predicted octanol–water partition coefficient (Wildman–Crippen LogP) is 11.3. The highest BCUT2D eigenvalue weighted by atomic mass is 32.2. The summed E-state index contributed by atoms with van der Waals surface area (Å²) < 4.78 is 0. The first-order valence-electron chi connectivity index (χ1n) is 21.1. The minimum atomic E-state index is 0.403. The lowest BCUT2D eigenvalue weighted by atomic mass is 9.66. The maximum absolute atomic E-state index is 4.30. The fourth-order valence-corrected chi connectivity index (χ4v) is 17.2. The average molecular weight is 703 g/mol. The van der Waals surface area contributed by atoms with E-state index >= 15 is 0 Å². The van der Waals surface area contributed by atoms with E-state index in [9.17, 15) is 0 Å². The zero-order valence-electron chi connectivity index (χ0n) is 30.2. The summed E-state index contributed by atoms with van der Waals surface area (Å²) in [6.45, 7) is 2.50. The molecule has 2 nitrogen and oxygen atoms in total. The fourth-order valence-electron chi connectivity index (χ4n) is 13.4. The molecule has 0 spiro atoms. The van der Waals surface area contributed by atoms with E-state index in [0.717, 1.165) is 40.1 Å². The molecule has 4 heteroatoms. The van der Waals surface area contributed by atoms with E-state index in [2.05, 4.69) is 101 Å². The van der Waals surface area contributed by atoms with Gasteiger partial charge in [-0.3, -0.25) is 0 Å². The second-order valence-corrected chi connectivity index (χ2v) is 20.9. The molecule has 3 fully saturated rings. The van der Waals surface area contributed by atoms with Crippen LogP contribution in [0.1, 0.15) is 103 Å². The van der Waals surface area contributed by atoms with Gasteiger partial charge in [-0.2, -0.15) is 11.8 Å². The molecule has 0 aromatic heterocycles. The maximum atomic E-state index is 4.30. The van der Waals surface area contributed by atoms with E-state index in [1.807, 2.05) is 5.57 Å². The van der Waals surface area contributed by atoms with Crippen LogP contribution in [0.3, 0.4) is 0 Å². The monoisotopic (exact) mass is 702 g/mol. The van der Waals surface area contributed by atoms with Crippen molar-refractivity contribution in [2.45, 2.75) is 131 Å². The zero-order valence-corrected chi connectivity index (χ0v) is 31.9. The van der Waals surface area contributed by atoms with Gasteiger partial charge in [0.1, 0.15) is 0 Å². The molecule has 11 rings (SSSR count). The van der Waals surface area contributed by atoms with Crippen LogP contribution in [-0.2, 0) is 0 Å². The summed E-state index contributed by atoms with van der Waals surface area (Å²) in [6, 6.07) is 0.512. The van der Waals surface area contributed by atoms with Gasteiger partial charge in [-0.15, -0.1) is 11.8 Å². The van der Waals surface area contributed by atoms with E-state index < -0.39 is 0 Å². The van der Waals surface area contributed by atoms with Crippen LogP contribution in [0, 0.1) is 53.3 Å². The van der Waals surface area contributed by atoms with Crippen LogP contribution in [-0.4, -0.2) is 32.9 Å². The first-order chi connectivity index (χ1) is 24.7. The molecular weight excluding hydrogens is 645 g/mol. The van der Waals surface area contributed by atoms with E-state index in [-0.39, 0.29) is 0 Å². The Morgan fingerprint density at radius 1 is 0.720 bits per heavy atom. The molecule has 4 heterocycles. The van der Waals surface area contributed by atoms with Gasteiger partial charge >= 0.3 is 0 Å². The second-order valence-electron chi connectivity index (χ2n) is 18.2. The van der Waals surface area contributed by atoms with Gasteiger partial charge in [0, 0.05) is 44.9 Å². The minimum Gasteiger partial charge on any atom is -0.369 e. The molecule has 0 radical (unpaired) electrons. The van der Waals surface area contributed by atoms with Gasteiger partial charge in [-0.05, 0) is 141 Å². The van der Waals surface area contributed by atoms with Crippen molar-refractivity contribution in [2.75, 3.05) is 0 Å². The quantitative estimate of drug-likeness (QED) is 0.294. The molecule has 11 aliphatic rings. The molecule has 4 aliphatic heterocycles. The Balaban J connectivity index is 0.874. The number of thioether (sulfide) groups is 2. The molecule has 0 bridgehead atoms. The molecule has 264 valence electrons. The summed E-state index contributed by atoms with van der Waals surface area (Å²) in [5.74, 6) is 7.02. The molecule has 1 N–H and O–H groups in total. The summed E-state index contributed by atoms with van der Waals surface area (Å²) in [5, 5.41) is 6.71. The van der Waals surface area contributed by atoms with Gasteiger partial charge in [0.15, 0.2) is 0 Å². The number of hydrogen-bond donors (Lipinski definition) is 1. The van der Waals surface area contributed by atoms with E-state index in [1.165, 1.54) is 96.3 Å². The van der Waals surface area contributed by atoms with E-state index in [1.54, 1.807) is 27.4 Å². The Morgan fingerprint density at radius 3 is 2.56 bits per heavy atom. The molecule has 0 aromatic rings. The highest BCUT2D eigenvalue weighted by Crippen LogP contribution is 2.59. The lowest BCUT2D eigenvalue weighted by molar-refractivity contribution is 0.105. The predicted molar refractivity (Wildman–Crippen MR) is 212 cm³/mol. The summed E-state index contributed by atoms with van der Waals surface area (Å²) in [5.41, 5.74) is 8.56. The molecule has 0 aromatic carbocycles. The van der Waals surface area contributed by atoms with Gasteiger partial charge < -0.3 is 10.2 Å². The molecule has 7 aliphatic carbocycles. The zero-order chi connectivity index (χ0) is 32.9. The van der Waals surface area contributed by atoms with Crippen LogP contribution in [0.2, 0.25) is 0 Å². The van der Waals surface area contributed by atoms with Crippen molar-refractivity contribution in [3.05, 3.63) is 93.8 Å². The van der Waals surface area contributed by atoms with Crippen LogP contribution < -0.4 is 5.32 Å². The van der Waals surface area contributed by atoms with Crippen LogP contribution in [0.25, 0.3) is 0 Å². The number of allylic oxidation sites excluding steroid dienone is 12. The third-order valence-electron chi connectivity index (χ3n) is 15.7. The van der Waals surface area contributed by atoms with Crippen molar-refractivity contribution in [3.8, 4) is 0 Å². The van der Waals surface area contributed by atoms with Gasteiger partial charge in [-0.25, -0.2) is 0 Å². The summed E-state index contributed by atoms with van der Waals surface area (Å²) >= 11 is 4.64. The highest BCUT2D eigenvalue weighted by Gasteiger charge is 2.52. The molecule has 14 unspecified atom stereocenters. The SMILES string of the molecule is CC1CCC2C(C1)SC1C=CC(C3C=CC4C(C3)C3=C(CCC=C3)N4C3CC(C4=CCCC5C6=C(CCC=C6)SC45)C4CCCC=C4N3)CC12. The number of nitrogens with one attached hydrogen (secondary N) is 1. The van der Waals surface area contributed by atoms with E-state index in [4.69, 9.17) is 0 Å². The first kappa shape index (κ1) is 31.7. The smallest absolute Gasteiger partial charge is 0.0996 e. The molecule has 2 saturated heterocycles. The average Bonchev–Trinajstić information content (AvgIpc) is 3.83. The topological polar surface area (TPSA) is 15.3 Å². The molecular formula is C46H58N2S2. The Hall–Kier alpha value is -1.78. The van der Waals surface area contributed by atoms with Crippen molar-refractivity contribution < 1.29 is 0 Å². The lowest BCUT2D eigenvalue weighted by Gasteiger charge is -2.50. The number of nitrogens with zero attached hydrogens (tertiary/aromatic N) is 1. The Kier molecular flexibility index (Phi) is 8.04. The standard InChI is InChI=1S/C46H58N2S2/c1-27-17-20-33-38-25-29(19-22-43(38)49-44(33)23-27)28-18-21-41-37(24-28)31-10-3-6-15-40(31)48(41)45-26-36(30-9-2-5-14-39(30)47-45)35-13-8-12-34-32-11-4-7-16-42(32)50-46(34)35/h3-4,10-11,13-14,18-19,21-22,27-30,33-34,36-38,41,43-47H,2,5-9,12,15-17,20,23-26H2,1H3. The van der Waals surface area contributed by atoms with Crippen molar-refractivity contribution in [1.29, 1.82) is 0 Å². The number of fused-ring (bicyclic) bond motifs is 8. The molecule has 0 amide bonds. The first-order valence-corrected chi connectivity index (χ1v) is 22.9. The fraction of sp³-hybridized carbons (Fsp3) is 0.652. The lowest BCUT2D eigenvalue weighted by Crippen LogP contribution is -2.55. The van der Waals surface area contributed by atoms with Crippen LogP contribution >= 0.6 is 23.5 Å². The van der Waals surface area contributed by atoms with Gasteiger partial charge in [-0.1, -0.05) is 79.7 Å². The Labute approximate surface area is 310 Å². The second kappa shape index (κ2) is 12.7. The molecule has 14 atom stereocenters. The molecule has 50 heavy (non-hydrogen) atoms. The Morgan fingerprint density at radius 2 is 1.60 bits per heavy atom. The third kappa shape index (κ3) is 5.09. The minimum absolute atomic E-state index is 0.403. The van der Waals surface area contributed by atoms with E-state index in [0.29, 0.717) is 41.1 Å². The largest absolute Gasteiger partial charge is 0.369 e. The summed E-state index contributed by atoms with van der Waals surface area (Å²) in [7, 11) is 0. The van der Waals surface area contributed by atoms with Gasteiger partial charge in [0.05, 0.1) is 12.2 Å². The normalized spacial score (nSPS) is 47.0. The van der Waals surface area contributed by atoms with Crippen molar-refractivity contribution in [2.24, 2.45) is 53.3 Å². The van der Waals surface area contributed by atoms with Crippen molar-refractivity contribution in [1.82, 2.24) is 10.2 Å². The highest BCUT2D eigenvalue weighted by molar-refractivity contribution is 8.04. The van der Waals surface area contributed by atoms with Gasteiger partial charge in [0.25, 0.3) is 0 Å². The summed E-state index contributed by atoms with van der Waals surface area (Å²) in [6.07, 6.45) is 46.7. The van der Waals surface area contributed by atoms with Crippen LogP contribution in [0.4, 0.5) is 0 Å². The molecule has 1 saturated carbocycles. The third-order valence-corrected chi connectivity index (χ3v) is 19.0. The van der Waals surface area contributed by atoms with Crippen LogP contribution in [0.5, 0.6) is 0 Å². The maximum Gasteiger partial charge on any atom is 0.0996 e. The summed E-state index contributed by atoms with van der Waals surface area (Å²) in [4.78, 5) is 4.70. The van der Waals surface area contributed by atoms with Crippen molar-refractivity contribution >= 4 is 23.5 Å². The van der Waals surface area contributed by atoms with Gasteiger partial charge in [0.2, 0.25) is 0 Å². The number of rotatable bonds is 3. The van der Waals surface area contributed by atoms with Crippen LogP contribution in [0.15, 0.2) is 93.8 Å².